The maximum absolute atomic E-state index is 12.0. The van der Waals surface area contributed by atoms with Crippen LogP contribution in [0.4, 0.5) is 5.69 Å². The van der Waals surface area contributed by atoms with Gasteiger partial charge in [0.2, 0.25) is 5.91 Å². The summed E-state index contributed by atoms with van der Waals surface area (Å²) >= 11 is 0. The van der Waals surface area contributed by atoms with Gasteiger partial charge in [0.1, 0.15) is 5.69 Å². The van der Waals surface area contributed by atoms with E-state index in [2.05, 4.69) is 20.2 Å². The zero-order valence-electron chi connectivity index (χ0n) is 13.9. The Labute approximate surface area is 146 Å². The largest absolute Gasteiger partial charge is 0.371 e. The minimum absolute atomic E-state index is 0.0836. The highest BCUT2D eigenvalue weighted by Crippen LogP contribution is 2.23. The molecule has 1 aromatic carbocycles. The number of nitrogens with two attached hydrogens (primary N) is 1. The Morgan fingerprint density at radius 1 is 1.24 bits per heavy atom. The van der Waals surface area contributed by atoms with Crippen molar-refractivity contribution in [1.82, 2.24) is 15.3 Å². The molecule has 7 heteroatoms. The highest BCUT2D eigenvalue weighted by atomic mass is 16.2. The standard InChI is InChI=1S/C18H21N5O2/c19-17(24)14-2-1-9-23(12-14)15-5-3-13(4-6-15)10-22-18(25)16-11-20-7-8-21-16/h3-8,11,14H,1-2,9-10,12H2,(H2,19,24)(H,22,25). The number of aromatic nitrogens is 2. The molecule has 0 radical (unpaired) electrons. The second kappa shape index (κ2) is 7.74. The zero-order chi connectivity index (χ0) is 17.6. The predicted octanol–water partition coefficient (Wildman–Crippen LogP) is 1.11. The van der Waals surface area contributed by atoms with Gasteiger partial charge in [0.05, 0.1) is 12.1 Å². The summed E-state index contributed by atoms with van der Waals surface area (Å²) < 4.78 is 0. The van der Waals surface area contributed by atoms with Gasteiger partial charge in [0, 0.05) is 37.7 Å². The van der Waals surface area contributed by atoms with E-state index in [9.17, 15) is 9.59 Å². The van der Waals surface area contributed by atoms with E-state index < -0.39 is 0 Å². The first-order valence-electron chi connectivity index (χ1n) is 8.31. The fourth-order valence-corrected chi connectivity index (χ4v) is 2.96. The maximum atomic E-state index is 12.0. The van der Waals surface area contributed by atoms with Gasteiger partial charge < -0.3 is 16.0 Å². The first-order valence-corrected chi connectivity index (χ1v) is 8.31. The van der Waals surface area contributed by atoms with Gasteiger partial charge in [-0.2, -0.15) is 0 Å². The molecule has 1 fully saturated rings. The molecule has 2 heterocycles. The number of nitrogens with one attached hydrogen (secondary N) is 1. The number of hydrogen-bond donors (Lipinski definition) is 2. The van der Waals surface area contributed by atoms with E-state index >= 15 is 0 Å². The number of rotatable bonds is 5. The van der Waals surface area contributed by atoms with Crippen molar-refractivity contribution in [2.24, 2.45) is 11.7 Å². The lowest BCUT2D eigenvalue weighted by molar-refractivity contribution is -0.122. The highest BCUT2D eigenvalue weighted by Gasteiger charge is 2.24. The van der Waals surface area contributed by atoms with E-state index in [1.807, 2.05) is 24.3 Å². The van der Waals surface area contributed by atoms with Gasteiger partial charge in [-0.1, -0.05) is 12.1 Å². The van der Waals surface area contributed by atoms with Gasteiger partial charge in [-0.3, -0.25) is 14.6 Å². The van der Waals surface area contributed by atoms with Crippen molar-refractivity contribution in [2.45, 2.75) is 19.4 Å². The number of benzene rings is 1. The van der Waals surface area contributed by atoms with Crippen molar-refractivity contribution >= 4 is 17.5 Å². The molecule has 2 aromatic rings. The van der Waals surface area contributed by atoms with Gasteiger partial charge in [0.25, 0.3) is 5.91 Å². The molecule has 7 nitrogen and oxygen atoms in total. The molecule has 25 heavy (non-hydrogen) atoms. The number of carbonyl (C=O) groups excluding carboxylic acids is 2. The first kappa shape index (κ1) is 16.9. The predicted molar refractivity (Wildman–Crippen MR) is 93.8 cm³/mol. The quantitative estimate of drug-likeness (QED) is 0.850. The molecule has 130 valence electrons. The average molecular weight is 339 g/mol. The van der Waals surface area contributed by atoms with Gasteiger partial charge in [0.15, 0.2) is 0 Å². The molecular formula is C18H21N5O2. The molecule has 3 rings (SSSR count). The summed E-state index contributed by atoms with van der Waals surface area (Å²) in [6.45, 7) is 2.00. The van der Waals surface area contributed by atoms with Crippen LogP contribution in [0.3, 0.4) is 0 Å². The summed E-state index contributed by atoms with van der Waals surface area (Å²) in [5, 5.41) is 2.82. The SMILES string of the molecule is NC(=O)C1CCCN(c2ccc(CNC(=O)c3cnccn3)cc2)C1. The van der Waals surface area contributed by atoms with Crippen molar-refractivity contribution < 1.29 is 9.59 Å². The van der Waals surface area contributed by atoms with Gasteiger partial charge >= 0.3 is 0 Å². The molecule has 1 aliphatic heterocycles. The third-order valence-corrected chi connectivity index (χ3v) is 4.37. The molecule has 2 amide bonds. The van der Waals surface area contributed by atoms with Crippen LogP contribution in [0.5, 0.6) is 0 Å². The molecule has 1 atom stereocenters. The third-order valence-electron chi connectivity index (χ3n) is 4.37. The number of hydrogen-bond acceptors (Lipinski definition) is 5. The van der Waals surface area contributed by atoms with Crippen LogP contribution in [-0.4, -0.2) is 34.9 Å². The van der Waals surface area contributed by atoms with Crippen LogP contribution < -0.4 is 16.0 Å². The maximum Gasteiger partial charge on any atom is 0.271 e. The average Bonchev–Trinajstić information content (AvgIpc) is 2.67. The van der Waals surface area contributed by atoms with E-state index in [-0.39, 0.29) is 17.7 Å². The second-order valence-electron chi connectivity index (χ2n) is 6.13. The van der Waals surface area contributed by atoms with Crippen molar-refractivity contribution in [1.29, 1.82) is 0 Å². The van der Waals surface area contributed by atoms with E-state index in [1.165, 1.54) is 18.6 Å². The molecule has 0 aliphatic carbocycles. The Morgan fingerprint density at radius 2 is 2.04 bits per heavy atom. The smallest absolute Gasteiger partial charge is 0.271 e. The van der Waals surface area contributed by atoms with E-state index in [0.29, 0.717) is 18.8 Å². The van der Waals surface area contributed by atoms with E-state index in [1.54, 1.807) is 0 Å². The molecule has 1 unspecified atom stereocenters. The van der Waals surface area contributed by atoms with Crippen molar-refractivity contribution in [3.63, 3.8) is 0 Å². The normalized spacial score (nSPS) is 17.1. The Balaban J connectivity index is 1.57. The Morgan fingerprint density at radius 3 is 2.72 bits per heavy atom. The van der Waals surface area contributed by atoms with Gasteiger partial charge in [-0.15, -0.1) is 0 Å². The molecule has 0 saturated carbocycles. The monoisotopic (exact) mass is 339 g/mol. The van der Waals surface area contributed by atoms with Crippen LogP contribution >= 0.6 is 0 Å². The lowest BCUT2D eigenvalue weighted by atomic mass is 9.97. The van der Waals surface area contributed by atoms with Crippen LogP contribution in [0.2, 0.25) is 0 Å². The van der Waals surface area contributed by atoms with Crippen molar-refractivity contribution in [3.05, 3.63) is 54.1 Å². The number of carbonyl (C=O) groups is 2. The molecule has 0 bridgehead atoms. The third kappa shape index (κ3) is 4.32. The summed E-state index contributed by atoms with van der Waals surface area (Å²) in [5.41, 5.74) is 7.78. The van der Waals surface area contributed by atoms with Gasteiger partial charge in [-0.25, -0.2) is 4.98 Å². The zero-order valence-corrected chi connectivity index (χ0v) is 13.9. The summed E-state index contributed by atoms with van der Waals surface area (Å²) in [4.78, 5) is 33.4. The molecule has 1 aliphatic rings. The number of nitrogens with zero attached hydrogens (tertiary/aromatic N) is 3. The minimum Gasteiger partial charge on any atom is -0.371 e. The van der Waals surface area contributed by atoms with Crippen LogP contribution in [0, 0.1) is 5.92 Å². The number of piperidine rings is 1. The van der Waals surface area contributed by atoms with Crippen LogP contribution in [0.15, 0.2) is 42.9 Å². The summed E-state index contributed by atoms with van der Waals surface area (Å²) in [6.07, 6.45) is 6.27. The summed E-state index contributed by atoms with van der Waals surface area (Å²) in [7, 11) is 0. The number of primary amides is 1. The number of anilines is 1. The van der Waals surface area contributed by atoms with E-state index in [0.717, 1.165) is 30.6 Å². The molecule has 3 N–H and O–H groups in total. The van der Waals surface area contributed by atoms with Crippen molar-refractivity contribution in [3.8, 4) is 0 Å². The Kier molecular flexibility index (Phi) is 5.23. The molecule has 1 saturated heterocycles. The highest BCUT2D eigenvalue weighted by molar-refractivity contribution is 5.91. The topological polar surface area (TPSA) is 101 Å². The van der Waals surface area contributed by atoms with Crippen LogP contribution in [0.1, 0.15) is 28.9 Å². The molecule has 1 aromatic heterocycles. The lowest BCUT2D eigenvalue weighted by Crippen LogP contribution is -2.41. The molecule has 0 spiro atoms. The summed E-state index contributed by atoms with van der Waals surface area (Å²) in [6, 6.07) is 7.96. The minimum atomic E-state index is -0.252. The Hall–Kier alpha value is -2.96. The van der Waals surface area contributed by atoms with E-state index in [4.69, 9.17) is 5.73 Å². The first-order chi connectivity index (χ1) is 12.1. The molecular weight excluding hydrogens is 318 g/mol. The van der Waals surface area contributed by atoms with Gasteiger partial charge in [-0.05, 0) is 30.5 Å². The van der Waals surface area contributed by atoms with Crippen LogP contribution in [-0.2, 0) is 11.3 Å². The van der Waals surface area contributed by atoms with Crippen molar-refractivity contribution in [2.75, 3.05) is 18.0 Å². The lowest BCUT2D eigenvalue weighted by Gasteiger charge is -2.33. The second-order valence-corrected chi connectivity index (χ2v) is 6.13. The fraction of sp³-hybridized carbons (Fsp3) is 0.333. The van der Waals surface area contributed by atoms with Crippen LogP contribution in [0.25, 0.3) is 0 Å². The summed E-state index contributed by atoms with van der Waals surface area (Å²) in [5.74, 6) is -0.565. The Bertz CT molecular complexity index is 733. The fourth-order valence-electron chi connectivity index (χ4n) is 2.96. The number of amides is 2.